The molecule has 0 unspecified atom stereocenters. The number of amides is 1. The Kier molecular flexibility index (Phi) is 5.86. The molecule has 0 radical (unpaired) electrons. The highest BCUT2D eigenvalue weighted by atomic mass is 32.2. The fourth-order valence-electron chi connectivity index (χ4n) is 3.52. The predicted molar refractivity (Wildman–Crippen MR) is 126 cm³/mol. The number of nitrogens with zero attached hydrogens (tertiary/aromatic N) is 5. The SMILES string of the molecule is O=C1CN(Cn2nc(CSc3nc4ccccc4s3)n(-c3ccccc3)c2=S)CCN1. The molecule has 3 heterocycles. The molecular weight excluding hydrogens is 448 g/mol. The van der Waals surface area contributed by atoms with Crippen LogP contribution in [0.25, 0.3) is 15.9 Å². The van der Waals surface area contributed by atoms with Crippen LogP contribution in [0.1, 0.15) is 5.82 Å². The number of fused-ring (bicyclic) bond motifs is 1. The number of piperazine rings is 1. The summed E-state index contributed by atoms with van der Waals surface area (Å²) in [5.74, 6) is 1.54. The zero-order valence-corrected chi connectivity index (χ0v) is 19.1. The fraction of sp³-hybridized carbons (Fsp3) is 0.238. The van der Waals surface area contributed by atoms with Crippen LogP contribution >= 0.6 is 35.3 Å². The molecule has 7 nitrogen and oxygen atoms in total. The molecule has 2 aromatic carbocycles. The van der Waals surface area contributed by atoms with Crippen molar-refractivity contribution in [2.45, 2.75) is 16.8 Å². The van der Waals surface area contributed by atoms with Crippen molar-refractivity contribution in [3.05, 3.63) is 65.2 Å². The molecule has 1 amide bonds. The summed E-state index contributed by atoms with van der Waals surface area (Å²) in [5, 5.41) is 7.69. The number of para-hydroxylation sites is 2. The van der Waals surface area contributed by atoms with Crippen molar-refractivity contribution in [2.24, 2.45) is 0 Å². The Morgan fingerprint density at radius 3 is 2.74 bits per heavy atom. The number of aromatic nitrogens is 4. The zero-order valence-electron chi connectivity index (χ0n) is 16.6. The van der Waals surface area contributed by atoms with Crippen molar-refractivity contribution in [3.8, 4) is 5.69 Å². The molecule has 1 saturated heterocycles. The third-order valence-electron chi connectivity index (χ3n) is 4.97. The summed E-state index contributed by atoms with van der Waals surface area (Å²) in [7, 11) is 0. The monoisotopic (exact) mass is 468 g/mol. The summed E-state index contributed by atoms with van der Waals surface area (Å²) in [6.45, 7) is 2.27. The van der Waals surface area contributed by atoms with E-state index in [-0.39, 0.29) is 5.91 Å². The molecule has 2 aromatic heterocycles. The maximum atomic E-state index is 11.8. The summed E-state index contributed by atoms with van der Waals surface area (Å²) >= 11 is 9.14. The van der Waals surface area contributed by atoms with Crippen LogP contribution in [0.2, 0.25) is 0 Å². The number of benzene rings is 2. The van der Waals surface area contributed by atoms with Crippen molar-refractivity contribution in [3.63, 3.8) is 0 Å². The quantitative estimate of drug-likeness (QED) is 0.344. The van der Waals surface area contributed by atoms with Crippen LogP contribution in [0.5, 0.6) is 0 Å². The number of thioether (sulfide) groups is 1. The van der Waals surface area contributed by atoms with Gasteiger partial charge >= 0.3 is 0 Å². The second-order valence-corrected chi connectivity index (χ2v) is 9.77. The summed E-state index contributed by atoms with van der Waals surface area (Å²) < 4.78 is 6.64. The second-order valence-electron chi connectivity index (χ2n) is 7.15. The smallest absolute Gasteiger partial charge is 0.234 e. The molecule has 0 atom stereocenters. The van der Waals surface area contributed by atoms with Crippen LogP contribution in [0.4, 0.5) is 0 Å². The number of nitrogens with one attached hydrogen (secondary N) is 1. The van der Waals surface area contributed by atoms with Crippen LogP contribution in [-0.2, 0) is 17.2 Å². The van der Waals surface area contributed by atoms with Crippen molar-refractivity contribution in [2.75, 3.05) is 19.6 Å². The van der Waals surface area contributed by atoms with Gasteiger partial charge in [-0.25, -0.2) is 9.67 Å². The lowest BCUT2D eigenvalue weighted by Crippen LogP contribution is -2.48. The Bertz CT molecular complexity index is 1250. The molecule has 158 valence electrons. The van der Waals surface area contributed by atoms with E-state index in [1.165, 1.54) is 4.70 Å². The van der Waals surface area contributed by atoms with Gasteiger partial charge in [-0.15, -0.1) is 11.3 Å². The molecule has 4 aromatic rings. The lowest BCUT2D eigenvalue weighted by molar-refractivity contribution is -0.124. The molecule has 0 saturated carbocycles. The van der Waals surface area contributed by atoms with E-state index in [0.29, 0.717) is 30.3 Å². The van der Waals surface area contributed by atoms with Gasteiger partial charge in [-0.2, -0.15) is 5.10 Å². The van der Waals surface area contributed by atoms with Crippen molar-refractivity contribution < 1.29 is 4.79 Å². The lowest BCUT2D eigenvalue weighted by atomic mass is 10.3. The first kappa shape index (κ1) is 20.4. The molecule has 1 aliphatic rings. The molecule has 0 bridgehead atoms. The first-order valence-corrected chi connectivity index (χ1v) is 12.1. The third kappa shape index (κ3) is 4.42. The number of hydrogen-bond donors (Lipinski definition) is 1. The van der Waals surface area contributed by atoms with E-state index in [2.05, 4.69) is 16.3 Å². The van der Waals surface area contributed by atoms with Gasteiger partial charge in [0.05, 0.1) is 29.2 Å². The van der Waals surface area contributed by atoms with E-state index in [9.17, 15) is 4.79 Å². The predicted octanol–water partition coefficient (Wildman–Crippen LogP) is 3.69. The fourth-order valence-corrected chi connectivity index (χ4v) is 5.81. The van der Waals surface area contributed by atoms with Crippen molar-refractivity contribution in [1.82, 2.24) is 29.5 Å². The maximum absolute atomic E-state index is 11.8. The summed E-state index contributed by atoms with van der Waals surface area (Å²) in [6, 6.07) is 18.2. The highest BCUT2D eigenvalue weighted by Crippen LogP contribution is 2.31. The van der Waals surface area contributed by atoms with E-state index in [1.807, 2.05) is 57.8 Å². The molecular formula is C21H20N6OS3. The summed E-state index contributed by atoms with van der Waals surface area (Å²) in [5.41, 5.74) is 2.00. The van der Waals surface area contributed by atoms with Gasteiger partial charge < -0.3 is 5.32 Å². The Morgan fingerprint density at radius 1 is 1.13 bits per heavy atom. The Balaban J connectivity index is 1.44. The normalized spacial score (nSPS) is 14.8. The number of carbonyl (C=O) groups is 1. The Hall–Kier alpha value is -2.53. The van der Waals surface area contributed by atoms with Gasteiger partial charge in [-0.3, -0.25) is 14.3 Å². The molecule has 10 heteroatoms. The standard InChI is InChI=1S/C21H20N6OS3/c28-19-12-25(11-10-22-19)14-26-21(29)27(15-6-2-1-3-7-15)18(24-26)13-30-20-23-16-8-4-5-9-17(16)31-20/h1-9H,10-14H2,(H,22,28). The molecule has 5 rings (SSSR count). The van der Waals surface area contributed by atoms with Gasteiger partial charge in [0.2, 0.25) is 10.7 Å². The highest BCUT2D eigenvalue weighted by Gasteiger charge is 2.19. The number of thiazole rings is 1. The maximum Gasteiger partial charge on any atom is 0.234 e. The van der Waals surface area contributed by atoms with Gasteiger partial charge in [0.1, 0.15) is 5.82 Å². The van der Waals surface area contributed by atoms with Gasteiger partial charge in [0.25, 0.3) is 0 Å². The first-order chi connectivity index (χ1) is 15.2. The van der Waals surface area contributed by atoms with Gasteiger partial charge in [0.15, 0.2) is 4.34 Å². The highest BCUT2D eigenvalue weighted by molar-refractivity contribution is 8.00. The average Bonchev–Trinajstić information content (AvgIpc) is 3.33. The van der Waals surface area contributed by atoms with Crippen molar-refractivity contribution >= 4 is 51.4 Å². The molecule has 0 spiro atoms. The minimum atomic E-state index is 0.0341. The molecule has 1 N–H and O–H groups in total. The minimum Gasteiger partial charge on any atom is -0.354 e. The summed E-state index contributed by atoms with van der Waals surface area (Å²) in [6.07, 6.45) is 0. The third-order valence-corrected chi connectivity index (χ3v) is 7.54. The van der Waals surface area contributed by atoms with E-state index in [0.717, 1.165) is 27.9 Å². The van der Waals surface area contributed by atoms with Crippen molar-refractivity contribution in [1.29, 1.82) is 0 Å². The lowest BCUT2D eigenvalue weighted by Gasteiger charge is -2.25. The van der Waals surface area contributed by atoms with Gasteiger partial charge in [-0.1, -0.05) is 42.1 Å². The molecule has 1 fully saturated rings. The molecule has 31 heavy (non-hydrogen) atoms. The van der Waals surface area contributed by atoms with E-state index >= 15 is 0 Å². The molecule has 0 aliphatic carbocycles. The Morgan fingerprint density at radius 2 is 1.94 bits per heavy atom. The molecule has 1 aliphatic heterocycles. The van der Waals surface area contributed by atoms with Gasteiger partial charge in [0, 0.05) is 18.8 Å². The van der Waals surface area contributed by atoms with Crippen LogP contribution < -0.4 is 5.32 Å². The van der Waals surface area contributed by atoms with Crippen LogP contribution in [0, 0.1) is 4.77 Å². The van der Waals surface area contributed by atoms with E-state index in [1.54, 1.807) is 23.1 Å². The number of hydrogen-bond acceptors (Lipinski definition) is 7. The van der Waals surface area contributed by atoms with E-state index in [4.69, 9.17) is 22.3 Å². The number of rotatable bonds is 6. The van der Waals surface area contributed by atoms with E-state index < -0.39 is 0 Å². The number of carbonyl (C=O) groups excluding carboxylic acids is 1. The van der Waals surface area contributed by atoms with Crippen LogP contribution in [-0.4, -0.2) is 49.8 Å². The minimum absolute atomic E-state index is 0.0341. The largest absolute Gasteiger partial charge is 0.354 e. The van der Waals surface area contributed by atoms with Crippen LogP contribution in [0.3, 0.4) is 0 Å². The second kappa shape index (κ2) is 8.91. The van der Waals surface area contributed by atoms with Crippen LogP contribution in [0.15, 0.2) is 58.9 Å². The topological polar surface area (TPSA) is 68.0 Å². The summed E-state index contributed by atoms with van der Waals surface area (Å²) in [4.78, 5) is 18.5. The average molecular weight is 469 g/mol. The zero-order chi connectivity index (χ0) is 21.2. The Labute approximate surface area is 192 Å². The van der Waals surface area contributed by atoms with Gasteiger partial charge in [-0.05, 0) is 36.5 Å². The first-order valence-electron chi connectivity index (χ1n) is 9.89.